The molecule has 5 rings (SSSR count). The Hall–Kier alpha value is -3.21. The molecule has 2 aliphatic rings. The highest BCUT2D eigenvalue weighted by molar-refractivity contribution is 5.96. The van der Waals surface area contributed by atoms with Crippen molar-refractivity contribution in [2.75, 3.05) is 33.4 Å². The molecule has 1 atom stereocenters. The van der Waals surface area contributed by atoms with Gasteiger partial charge in [0.15, 0.2) is 11.4 Å². The fraction of sp³-hybridized carbons (Fsp3) is 0.423. The van der Waals surface area contributed by atoms with Gasteiger partial charge in [-0.15, -0.1) is 0 Å². The first-order valence-electron chi connectivity index (χ1n) is 11.7. The van der Waals surface area contributed by atoms with Gasteiger partial charge in [-0.3, -0.25) is 4.90 Å². The lowest BCUT2D eigenvalue weighted by atomic mass is 9.90. The van der Waals surface area contributed by atoms with Crippen molar-refractivity contribution in [1.29, 1.82) is 5.26 Å². The van der Waals surface area contributed by atoms with Gasteiger partial charge in [0, 0.05) is 31.4 Å². The Balaban J connectivity index is 1.39. The molecule has 3 aromatic rings. The Labute approximate surface area is 194 Å². The van der Waals surface area contributed by atoms with Gasteiger partial charge in [-0.2, -0.15) is 5.26 Å². The number of nitrogens with one attached hydrogen (secondary N) is 1. The Bertz CT molecular complexity index is 1190. The molecule has 1 N–H and O–H groups in total. The summed E-state index contributed by atoms with van der Waals surface area (Å²) in [6.45, 7) is 4.23. The Kier molecular flexibility index (Phi) is 6.38. The van der Waals surface area contributed by atoms with Gasteiger partial charge in [0.2, 0.25) is 0 Å². The molecule has 1 fully saturated rings. The van der Waals surface area contributed by atoms with E-state index in [1.54, 1.807) is 13.3 Å². The summed E-state index contributed by atoms with van der Waals surface area (Å²) in [6.07, 6.45) is 8.47. The number of likely N-dealkylation sites (tertiary alicyclic amines) is 1. The zero-order valence-corrected chi connectivity index (χ0v) is 19.0. The number of ether oxygens (including phenoxy) is 2. The second-order valence-corrected chi connectivity index (χ2v) is 8.80. The third-order valence-corrected chi connectivity index (χ3v) is 6.59. The van der Waals surface area contributed by atoms with Crippen LogP contribution in [0.1, 0.15) is 47.6 Å². The van der Waals surface area contributed by atoms with E-state index < -0.39 is 0 Å². The van der Waals surface area contributed by atoms with Crippen LogP contribution in [0.25, 0.3) is 10.9 Å². The number of hydrogen-bond acceptors (Lipinski definition) is 6. The highest BCUT2D eigenvalue weighted by atomic mass is 16.5. The summed E-state index contributed by atoms with van der Waals surface area (Å²) in [7, 11) is 1.63. The lowest BCUT2D eigenvalue weighted by Gasteiger charge is -2.26. The SMILES string of the molecule is COCCOc1c(C#N)ncc2[nH]c3c(c12)CC(c1ccc(CN2CCCCC2)cc1)C=N3. The van der Waals surface area contributed by atoms with Crippen LogP contribution in [-0.2, 0) is 17.7 Å². The average molecular weight is 444 g/mol. The van der Waals surface area contributed by atoms with Crippen LogP contribution in [0, 0.1) is 11.3 Å². The van der Waals surface area contributed by atoms with E-state index in [2.05, 4.69) is 45.2 Å². The van der Waals surface area contributed by atoms with Crippen molar-refractivity contribution in [2.24, 2.45) is 4.99 Å². The monoisotopic (exact) mass is 443 g/mol. The van der Waals surface area contributed by atoms with Crippen molar-refractivity contribution in [3.05, 3.63) is 52.8 Å². The number of pyridine rings is 1. The Morgan fingerprint density at radius 2 is 1.97 bits per heavy atom. The lowest BCUT2D eigenvalue weighted by molar-refractivity contribution is 0.147. The zero-order chi connectivity index (χ0) is 22.6. The molecule has 0 spiro atoms. The molecule has 0 amide bonds. The van der Waals surface area contributed by atoms with Gasteiger partial charge in [-0.25, -0.2) is 9.98 Å². The number of nitriles is 1. The van der Waals surface area contributed by atoms with Gasteiger partial charge in [0.05, 0.1) is 23.7 Å². The highest BCUT2D eigenvalue weighted by Crippen LogP contribution is 2.41. The van der Waals surface area contributed by atoms with Gasteiger partial charge in [0.1, 0.15) is 18.5 Å². The molecule has 0 bridgehead atoms. The molecule has 0 saturated carbocycles. The van der Waals surface area contributed by atoms with Crippen LogP contribution in [-0.4, -0.2) is 54.5 Å². The van der Waals surface area contributed by atoms with E-state index >= 15 is 0 Å². The van der Waals surface area contributed by atoms with Crippen LogP contribution < -0.4 is 4.74 Å². The van der Waals surface area contributed by atoms with E-state index in [1.807, 2.05) is 6.21 Å². The Morgan fingerprint density at radius 3 is 2.73 bits per heavy atom. The van der Waals surface area contributed by atoms with Crippen LogP contribution in [0.15, 0.2) is 35.5 Å². The number of nitrogens with zero attached hydrogens (tertiary/aromatic N) is 4. The van der Waals surface area contributed by atoms with Gasteiger partial charge < -0.3 is 14.5 Å². The topological polar surface area (TPSA) is 86.5 Å². The maximum atomic E-state index is 9.58. The standard InChI is InChI=1S/C26H29N5O2/c1-32-11-12-33-25-22(14-27)28-16-23-24(25)21-13-20(15-29-26(21)30-23)19-7-5-18(6-8-19)17-31-9-3-2-4-10-31/h5-8,15-16,20,30H,2-4,9-13,17H2,1H3. The minimum Gasteiger partial charge on any atom is -0.487 e. The fourth-order valence-corrected chi connectivity index (χ4v) is 4.85. The zero-order valence-electron chi connectivity index (χ0n) is 19.0. The van der Waals surface area contributed by atoms with Gasteiger partial charge in [-0.05, 0) is 43.5 Å². The molecule has 1 aromatic carbocycles. The molecule has 7 nitrogen and oxygen atoms in total. The smallest absolute Gasteiger partial charge is 0.183 e. The highest BCUT2D eigenvalue weighted by Gasteiger charge is 2.25. The quantitative estimate of drug-likeness (QED) is 0.544. The molecule has 1 unspecified atom stereocenters. The number of rotatable bonds is 7. The second kappa shape index (κ2) is 9.74. The van der Waals surface area contributed by atoms with Crippen LogP contribution in [0.4, 0.5) is 5.82 Å². The molecule has 2 aliphatic heterocycles. The van der Waals surface area contributed by atoms with E-state index in [-0.39, 0.29) is 11.6 Å². The number of aromatic nitrogens is 2. The largest absolute Gasteiger partial charge is 0.487 e. The number of piperidine rings is 1. The molecule has 2 aromatic heterocycles. The maximum Gasteiger partial charge on any atom is 0.183 e. The number of aliphatic imine (C=N–C) groups is 1. The predicted molar refractivity (Wildman–Crippen MR) is 128 cm³/mol. The number of hydrogen-bond donors (Lipinski definition) is 1. The first-order valence-corrected chi connectivity index (χ1v) is 11.7. The average Bonchev–Trinajstić information content (AvgIpc) is 3.23. The predicted octanol–water partition coefficient (Wildman–Crippen LogP) is 4.49. The van der Waals surface area contributed by atoms with Gasteiger partial charge in [-0.1, -0.05) is 30.7 Å². The van der Waals surface area contributed by atoms with Crippen molar-refractivity contribution in [2.45, 2.75) is 38.1 Å². The lowest BCUT2D eigenvalue weighted by Crippen LogP contribution is -2.29. The van der Waals surface area contributed by atoms with Crippen LogP contribution in [0.3, 0.4) is 0 Å². The van der Waals surface area contributed by atoms with Crippen LogP contribution in [0.2, 0.25) is 0 Å². The maximum absolute atomic E-state index is 9.58. The van der Waals surface area contributed by atoms with Crippen molar-refractivity contribution >= 4 is 22.9 Å². The fourth-order valence-electron chi connectivity index (χ4n) is 4.85. The van der Waals surface area contributed by atoms with Gasteiger partial charge in [0.25, 0.3) is 0 Å². The van der Waals surface area contributed by atoms with Crippen molar-refractivity contribution < 1.29 is 9.47 Å². The number of benzene rings is 1. The van der Waals surface area contributed by atoms with E-state index in [4.69, 9.17) is 14.5 Å². The molecule has 170 valence electrons. The van der Waals surface area contributed by atoms with Crippen LogP contribution in [0.5, 0.6) is 5.75 Å². The summed E-state index contributed by atoms with van der Waals surface area (Å²) in [5.41, 5.74) is 4.80. The van der Waals surface area contributed by atoms with Crippen molar-refractivity contribution in [1.82, 2.24) is 14.9 Å². The molecule has 33 heavy (non-hydrogen) atoms. The number of aromatic amines is 1. The summed E-state index contributed by atoms with van der Waals surface area (Å²) in [5, 5.41) is 10.5. The Morgan fingerprint density at radius 1 is 1.15 bits per heavy atom. The summed E-state index contributed by atoms with van der Waals surface area (Å²) < 4.78 is 11.1. The minimum absolute atomic E-state index is 0.172. The minimum atomic E-state index is 0.172. The summed E-state index contributed by atoms with van der Waals surface area (Å²) >= 11 is 0. The third-order valence-electron chi connectivity index (χ3n) is 6.59. The number of fused-ring (bicyclic) bond motifs is 3. The van der Waals surface area contributed by atoms with Crippen LogP contribution >= 0.6 is 0 Å². The molecule has 4 heterocycles. The molecular formula is C26H29N5O2. The normalized spacial score (nSPS) is 18.2. The van der Waals surface area contributed by atoms with E-state index in [0.29, 0.717) is 19.0 Å². The first-order chi connectivity index (χ1) is 16.3. The number of methoxy groups -OCH3 is 1. The summed E-state index contributed by atoms with van der Waals surface area (Å²) in [6, 6.07) is 11.1. The molecule has 0 radical (unpaired) electrons. The third kappa shape index (κ3) is 4.50. The summed E-state index contributed by atoms with van der Waals surface area (Å²) in [4.78, 5) is 14.9. The van der Waals surface area contributed by atoms with Gasteiger partial charge >= 0.3 is 0 Å². The van der Waals surface area contributed by atoms with Crippen molar-refractivity contribution in [3.8, 4) is 11.8 Å². The molecular weight excluding hydrogens is 414 g/mol. The van der Waals surface area contributed by atoms with E-state index in [0.717, 1.165) is 35.2 Å². The molecule has 1 saturated heterocycles. The van der Waals surface area contributed by atoms with E-state index in [1.165, 1.54) is 43.5 Å². The van der Waals surface area contributed by atoms with E-state index in [9.17, 15) is 5.26 Å². The van der Waals surface area contributed by atoms with Crippen molar-refractivity contribution in [3.63, 3.8) is 0 Å². The number of H-pyrrole nitrogens is 1. The first kappa shape index (κ1) is 21.6. The molecule has 7 heteroatoms. The summed E-state index contributed by atoms with van der Waals surface area (Å²) in [5.74, 6) is 1.50. The molecule has 0 aliphatic carbocycles. The second-order valence-electron chi connectivity index (χ2n) is 8.80.